The lowest BCUT2D eigenvalue weighted by atomic mass is 10.1. The van der Waals surface area contributed by atoms with Gasteiger partial charge in [-0.25, -0.2) is 14.7 Å². The number of nitrogens with zero attached hydrogens (tertiary/aromatic N) is 5. The number of esters is 1. The van der Waals surface area contributed by atoms with E-state index in [1.165, 1.54) is 47.0 Å². The van der Waals surface area contributed by atoms with E-state index in [0.29, 0.717) is 16.7 Å². The van der Waals surface area contributed by atoms with Crippen molar-refractivity contribution in [2.45, 2.75) is 34.1 Å². The number of aryl methyl sites for hydroxylation is 2. The van der Waals surface area contributed by atoms with Crippen molar-refractivity contribution in [1.82, 2.24) is 20.2 Å². The molecule has 0 spiro atoms. The first kappa shape index (κ1) is 31.3. The molecule has 43 heavy (non-hydrogen) atoms. The second kappa shape index (κ2) is 14.0. The number of ether oxygens (including phenoxy) is 2. The van der Waals surface area contributed by atoms with Crippen molar-refractivity contribution in [2.24, 2.45) is 16.0 Å². The van der Waals surface area contributed by atoms with Gasteiger partial charge in [0, 0.05) is 5.56 Å². The molecule has 0 aliphatic rings. The lowest BCUT2D eigenvalue weighted by Crippen LogP contribution is -2.17. The maximum absolute atomic E-state index is 12.4. The number of hydrogen-bond donors (Lipinski definition) is 1. The third-order valence-electron chi connectivity index (χ3n) is 5.89. The number of halogens is 3. The molecule has 0 saturated carbocycles. The SMILES string of the molecule is Cc1cccc(C)c1/N=C(/N/N=C/c1ccc(-c2ncn(-c3ccc(OC(F)(F)F)cc3)n2)cc1)SCOC(=O)C(C)C. The number of hydrazone groups is 1. The number of alkyl halides is 3. The maximum Gasteiger partial charge on any atom is 0.573 e. The van der Waals surface area contributed by atoms with Crippen LogP contribution in [-0.4, -0.2) is 44.4 Å². The topological polar surface area (TPSA) is 103 Å². The smallest absolute Gasteiger partial charge is 0.454 e. The highest BCUT2D eigenvalue weighted by atomic mass is 32.2. The van der Waals surface area contributed by atoms with Gasteiger partial charge >= 0.3 is 12.3 Å². The molecule has 0 aliphatic carbocycles. The average Bonchev–Trinajstić information content (AvgIpc) is 3.45. The third kappa shape index (κ3) is 9.17. The van der Waals surface area contributed by atoms with Gasteiger partial charge in [0.05, 0.1) is 23.5 Å². The minimum Gasteiger partial charge on any atom is -0.454 e. The number of amidine groups is 1. The van der Waals surface area contributed by atoms with Gasteiger partial charge in [0.15, 0.2) is 11.0 Å². The Morgan fingerprint density at radius 1 is 1.05 bits per heavy atom. The molecule has 224 valence electrons. The van der Waals surface area contributed by atoms with E-state index in [1.54, 1.807) is 20.1 Å². The summed E-state index contributed by atoms with van der Waals surface area (Å²) in [5, 5.41) is 9.21. The van der Waals surface area contributed by atoms with Crippen molar-refractivity contribution >= 4 is 34.8 Å². The number of aromatic nitrogens is 3. The van der Waals surface area contributed by atoms with Crippen LogP contribution in [0.3, 0.4) is 0 Å². The predicted octanol–water partition coefficient (Wildman–Crippen LogP) is 6.95. The van der Waals surface area contributed by atoms with Crippen LogP contribution in [0.4, 0.5) is 18.9 Å². The zero-order valence-electron chi connectivity index (χ0n) is 23.8. The Labute approximate surface area is 250 Å². The Morgan fingerprint density at radius 2 is 1.72 bits per heavy atom. The number of thioether (sulfide) groups is 1. The molecule has 3 aromatic carbocycles. The zero-order valence-corrected chi connectivity index (χ0v) is 24.6. The number of nitrogens with one attached hydrogen (secondary N) is 1. The summed E-state index contributed by atoms with van der Waals surface area (Å²) in [5.41, 5.74) is 7.82. The summed E-state index contributed by atoms with van der Waals surface area (Å²) in [7, 11) is 0. The van der Waals surface area contributed by atoms with Gasteiger partial charge in [-0.1, -0.05) is 56.3 Å². The lowest BCUT2D eigenvalue weighted by Gasteiger charge is -2.10. The first-order valence-electron chi connectivity index (χ1n) is 13.1. The van der Waals surface area contributed by atoms with E-state index in [4.69, 9.17) is 9.73 Å². The van der Waals surface area contributed by atoms with Crippen molar-refractivity contribution in [3.63, 3.8) is 0 Å². The van der Waals surface area contributed by atoms with Crippen LogP contribution in [0.1, 0.15) is 30.5 Å². The number of rotatable bonds is 9. The first-order valence-corrected chi connectivity index (χ1v) is 14.1. The minimum absolute atomic E-state index is 0.0864. The molecule has 1 aromatic heterocycles. The summed E-state index contributed by atoms with van der Waals surface area (Å²) >= 11 is 1.22. The maximum atomic E-state index is 12.4. The van der Waals surface area contributed by atoms with Crippen LogP contribution in [0.5, 0.6) is 5.75 Å². The van der Waals surface area contributed by atoms with Gasteiger partial charge in [-0.2, -0.15) is 5.10 Å². The van der Waals surface area contributed by atoms with Crippen molar-refractivity contribution in [3.8, 4) is 22.8 Å². The quantitative estimate of drug-likeness (QED) is 0.0719. The molecule has 0 saturated heterocycles. The van der Waals surface area contributed by atoms with Gasteiger partial charge in [0.2, 0.25) is 0 Å². The van der Waals surface area contributed by atoms with E-state index in [0.717, 1.165) is 27.9 Å². The molecule has 9 nitrogen and oxygen atoms in total. The molecule has 0 unspecified atom stereocenters. The second-order valence-corrected chi connectivity index (χ2v) is 10.5. The van der Waals surface area contributed by atoms with E-state index >= 15 is 0 Å². The summed E-state index contributed by atoms with van der Waals surface area (Å²) in [6.07, 6.45) is -1.66. The van der Waals surface area contributed by atoms with E-state index in [2.05, 4.69) is 25.3 Å². The summed E-state index contributed by atoms with van der Waals surface area (Å²) in [4.78, 5) is 20.9. The summed E-state index contributed by atoms with van der Waals surface area (Å²) < 4.78 is 47.9. The molecule has 0 amide bonds. The molecule has 0 atom stereocenters. The average molecular weight is 611 g/mol. The highest BCUT2D eigenvalue weighted by molar-refractivity contribution is 8.13. The molecule has 1 heterocycles. The van der Waals surface area contributed by atoms with Gasteiger partial charge in [0.1, 0.15) is 18.0 Å². The Balaban J connectivity index is 1.42. The van der Waals surface area contributed by atoms with Crippen LogP contribution in [0.15, 0.2) is 83.2 Å². The van der Waals surface area contributed by atoms with Crippen molar-refractivity contribution in [1.29, 1.82) is 0 Å². The molecule has 13 heteroatoms. The molecule has 1 N–H and O–H groups in total. The molecule has 0 bridgehead atoms. The Morgan fingerprint density at radius 3 is 2.35 bits per heavy atom. The van der Waals surface area contributed by atoms with E-state index in [1.807, 2.05) is 56.3 Å². The number of benzene rings is 3. The Hall–Kier alpha value is -4.65. The van der Waals surface area contributed by atoms with Crippen LogP contribution >= 0.6 is 11.8 Å². The second-order valence-electron chi connectivity index (χ2n) is 9.58. The van der Waals surface area contributed by atoms with Gasteiger partial charge in [0.25, 0.3) is 0 Å². The molecule has 0 radical (unpaired) electrons. The van der Waals surface area contributed by atoms with Crippen molar-refractivity contribution < 1.29 is 27.4 Å². The van der Waals surface area contributed by atoms with Crippen LogP contribution < -0.4 is 10.2 Å². The van der Waals surface area contributed by atoms with Crippen LogP contribution in [0.2, 0.25) is 0 Å². The predicted molar refractivity (Wildman–Crippen MR) is 161 cm³/mol. The van der Waals surface area contributed by atoms with Gasteiger partial charge < -0.3 is 9.47 Å². The van der Waals surface area contributed by atoms with Crippen molar-refractivity contribution in [3.05, 3.63) is 89.7 Å². The number of hydrogen-bond acceptors (Lipinski definition) is 8. The van der Waals surface area contributed by atoms with Gasteiger partial charge in [-0.05, 0) is 66.6 Å². The van der Waals surface area contributed by atoms with E-state index in [9.17, 15) is 18.0 Å². The standard InChI is InChI=1S/C30H29F3N6O3S/c1-19(2)28(40)41-18-43-29(36-26-20(3)6-5-7-21(26)4)37-35-16-22-8-10-23(11-9-22)27-34-17-39(38-27)24-12-14-25(15-13-24)42-30(31,32)33/h5-17,19H,18H2,1-4H3,(H,36,37)/b35-16+. The van der Waals surface area contributed by atoms with Crippen LogP contribution in [0, 0.1) is 19.8 Å². The molecule has 4 rings (SSSR count). The van der Waals surface area contributed by atoms with E-state index < -0.39 is 6.36 Å². The molecular formula is C30H29F3N6O3S. The molecule has 0 fully saturated rings. The Bertz CT molecular complexity index is 1580. The number of carbonyl (C=O) groups excluding carboxylic acids is 1. The fraction of sp³-hybridized carbons (Fsp3) is 0.233. The summed E-state index contributed by atoms with van der Waals surface area (Å²) in [5.74, 6) is -0.322. The normalized spacial score (nSPS) is 12.1. The van der Waals surface area contributed by atoms with Crippen LogP contribution in [-0.2, 0) is 9.53 Å². The minimum atomic E-state index is -4.76. The molecule has 4 aromatic rings. The van der Waals surface area contributed by atoms with Crippen molar-refractivity contribution in [2.75, 3.05) is 5.94 Å². The highest BCUT2D eigenvalue weighted by Gasteiger charge is 2.31. The van der Waals surface area contributed by atoms with E-state index in [-0.39, 0.29) is 23.6 Å². The third-order valence-corrected chi connectivity index (χ3v) is 6.58. The highest BCUT2D eigenvalue weighted by Crippen LogP contribution is 2.25. The fourth-order valence-corrected chi connectivity index (χ4v) is 4.24. The zero-order chi connectivity index (χ0) is 31.0. The largest absolute Gasteiger partial charge is 0.573 e. The Kier molecular flexibility index (Phi) is 10.2. The molecular weight excluding hydrogens is 581 g/mol. The fourth-order valence-electron chi connectivity index (χ4n) is 3.68. The van der Waals surface area contributed by atoms with Crippen LogP contribution in [0.25, 0.3) is 17.1 Å². The number of carbonyl (C=O) groups is 1. The number of aliphatic imine (C=N–C) groups is 1. The monoisotopic (exact) mass is 610 g/mol. The number of para-hydroxylation sites is 1. The summed E-state index contributed by atoms with van der Waals surface area (Å²) in [6, 6.07) is 18.6. The van der Waals surface area contributed by atoms with Gasteiger partial charge in [-0.3, -0.25) is 10.2 Å². The molecule has 0 aliphatic heterocycles. The first-order chi connectivity index (χ1) is 20.5. The summed E-state index contributed by atoms with van der Waals surface area (Å²) in [6.45, 7) is 7.48. The lowest BCUT2D eigenvalue weighted by molar-refractivity contribution is -0.274. The van der Waals surface area contributed by atoms with Gasteiger partial charge in [-0.15, -0.1) is 18.3 Å².